The maximum Gasteiger partial charge on any atom is 0.261 e. The van der Waals surface area contributed by atoms with E-state index in [0.717, 1.165) is 28.1 Å². The van der Waals surface area contributed by atoms with Crippen molar-refractivity contribution in [1.82, 2.24) is 20.2 Å². The lowest BCUT2D eigenvalue weighted by atomic mass is 9.93. The average Bonchev–Trinajstić information content (AvgIpc) is 3.28. The first-order valence-corrected chi connectivity index (χ1v) is 11.3. The summed E-state index contributed by atoms with van der Waals surface area (Å²) >= 11 is 3.14. The van der Waals surface area contributed by atoms with E-state index in [2.05, 4.69) is 57.7 Å². The number of carbonyl (C=O) groups is 1. The van der Waals surface area contributed by atoms with Gasteiger partial charge >= 0.3 is 0 Å². The zero-order valence-corrected chi connectivity index (χ0v) is 19.5. The fraction of sp³-hybridized carbons (Fsp3) is 0.476. The molecule has 0 bridgehead atoms. The Hall–Kier alpha value is -2.03. The third kappa shape index (κ3) is 5.12. The highest BCUT2D eigenvalue weighted by Gasteiger charge is 2.24. The van der Waals surface area contributed by atoms with Gasteiger partial charge in [0.05, 0.1) is 16.3 Å². The largest absolute Gasteiger partial charge is 0.362 e. The molecular formula is C21H29N5OS2. The molecule has 6 nitrogen and oxygen atoms in total. The molecule has 0 spiro atoms. The summed E-state index contributed by atoms with van der Waals surface area (Å²) in [5.41, 5.74) is 0.918. The van der Waals surface area contributed by atoms with Crippen LogP contribution in [0.2, 0.25) is 0 Å². The Kier molecular flexibility index (Phi) is 6.55. The van der Waals surface area contributed by atoms with Gasteiger partial charge in [-0.2, -0.15) is 0 Å². The van der Waals surface area contributed by atoms with Gasteiger partial charge in [0, 0.05) is 18.0 Å². The molecule has 3 aromatic heterocycles. The van der Waals surface area contributed by atoms with E-state index in [0.29, 0.717) is 11.4 Å². The molecule has 0 unspecified atom stereocenters. The van der Waals surface area contributed by atoms with Crippen LogP contribution in [0.4, 0.5) is 5.82 Å². The quantitative estimate of drug-likeness (QED) is 0.547. The van der Waals surface area contributed by atoms with Crippen molar-refractivity contribution in [2.24, 2.45) is 5.41 Å². The van der Waals surface area contributed by atoms with Crippen molar-refractivity contribution < 1.29 is 4.79 Å². The summed E-state index contributed by atoms with van der Waals surface area (Å²) in [5, 5.41) is 9.59. The molecule has 0 aliphatic carbocycles. The Morgan fingerprint density at radius 2 is 2.07 bits per heavy atom. The molecule has 2 N–H and O–H groups in total. The maximum absolute atomic E-state index is 12.9. The Morgan fingerprint density at radius 1 is 1.31 bits per heavy atom. The maximum atomic E-state index is 12.9. The molecule has 1 atom stereocenters. The van der Waals surface area contributed by atoms with Crippen molar-refractivity contribution in [3.63, 3.8) is 0 Å². The van der Waals surface area contributed by atoms with E-state index in [1.165, 1.54) is 16.2 Å². The van der Waals surface area contributed by atoms with Crippen molar-refractivity contribution in [1.29, 1.82) is 0 Å². The van der Waals surface area contributed by atoms with E-state index >= 15 is 0 Å². The van der Waals surface area contributed by atoms with Crippen LogP contribution in [0, 0.1) is 12.3 Å². The summed E-state index contributed by atoms with van der Waals surface area (Å²) < 4.78 is 0. The summed E-state index contributed by atoms with van der Waals surface area (Å²) in [6, 6.07) is 4.29. The van der Waals surface area contributed by atoms with Crippen molar-refractivity contribution in [3.05, 3.63) is 39.2 Å². The van der Waals surface area contributed by atoms with Crippen LogP contribution in [0.1, 0.15) is 46.9 Å². The van der Waals surface area contributed by atoms with Crippen molar-refractivity contribution in [3.8, 4) is 0 Å². The lowest BCUT2D eigenvalue weighted by Gasteiger charge is -2.28. The van der Waals surface area contributed by atoms with Crippen LogP contribution in [0.25, 0.3) is 10.2 Å². The molecule has 0 radical (unpaired) electrons. The highest BCUT2D eigenvalue weighted by Crippen LogP contribution is 2.35. The first-order valence-electron chi connectivity index (χ1n) is 9.65. The molecule has 0 saturated carbocycles. The fourth-order valence-electron chi connectivity index (χ4n) is 3.52. The van der Waals surface area contributed by atoms with Crippen molar-refractivity contribution in [2.45, 2.75) is 33.7 Å². The van der Waals surface area contributed by atoms with Gasteiger partial charge in [-0.25, -0.2) is 9.97 Å². The normalized spacial score (nSPS) is 13.1. The van der Waals surface area contributed by atoms with Gasteiger partial charge in [-0.15, -0.1) is 22.7 Å². The van der Waals surface area contributed by atoms with Gasteiger partial charge in [-0.3, -0.25) is 4.79 Å². The molecule has 3 rings (SSSR count). The fourth-order valence-corrected chi connectivity index (χ4v) is 5.32. The van der Waals surface area contributed by atoms with Gasteiger partial charge in [0.1, 0.15) is 17.0 Å². The van der Waals surface area contributed by atoms with Crippen LogP contribution in [-0.2, 0) is 0 Å². The van der Waals surface area contributed by atoms with Crippen LogP contribution >= 0.6 is 22.7 Å². The Labute approximate surface area is 180 Å². The molecule has 1 amide bonds. The minimum absolute atomic E-state index is 0.00753. The standard InChI is InChI=1S/C21H29N5OS2/c1-13-16-18(25-14(2)15-8-7-9-28-15)23-12-24-20(16)29-17(13)19(27)22-10-21(3,4)11-26(5)6/h7-9,12,14H,10-11H2,1-6H3,(H,22,27)(H,23,24,25)/t14-/m0/s1. The summed E-state index contributed by atoms with van der Waals surface area (Å²) in [4.78, 5) is 26.7. The predicted molar refractivity (Wildman–Crippen MR) is 123 cm³/mol. The van der Waals surface area contributed by atoms with E-state index in [4.69, 9.17) is 0 Å². The topological polar surface area (TPSA) is 70.2 Å². The van der Waals surface area contributed by atoms with E-state index < -0.39 is 0 Å². The van der Waals surface area contributed by atoms with E-state index in [1.807, 2.05) is 27.1 Å². The first-order chi connectivity index (χ1) is 13.7. The van der Waals surface area contributed by atoms with Crippen LogP contribution in [0.5, 0.6) is 0 Å². The van der Waals surface area contributed by atoms with Crippen molar-refractivity contribution in [2.75, 3.05) is 32.5 Å². The molecule has 0 aliphatic heterocycles. The third-order valence-electron chi connectivity index (χ3n) is 4.73. The molecule has 8 heteroatoms. The number of carbonyl (C=O) groups excluding carboxylic acids is 1. The van der Waals surface area contributed by atoms with Gasteiger partial charge < -0.3 is 15.5 Å². The second-order valence-corrected chi connectivity index (χ2v) is 10.4. The van der Waals surface area contributed by atoms with Crippen LogP contribution < -0.4 is 10.6 Å². The Bertz CT molecular complexity index is 979. The van der Waals surface area contributed by atoms with E-state index in [9.17, 15) is 4.79 Å². The number of thiophene rings is 2. The van der Waals surface area contributed by atoms with Crippen LogP contribution in [0.3, 0.4) is 0 Å². The summed E-state index contributed by atoms with van der Waals surface area (Å²) in [7, 11) is 4.09. The van der Waals surface area contributed by atoms with Gasteiger partial charge in [0.25, 0.3) is 5.91 Å². The number of nitrogens with zero attached hydrogens (tertiary/aromatic N) is 3. The molecule has 0 aromatic carbocycles. The Morgan fingerprint density at radius 3 is 2.72 bits per heavy atom. The summed E-state index contributed by atoms with van der Waals surface area (Å²) in [5.74, 6) is 0.728. The zero-order valence-electron chi connectivity index (χ0n) is 17.9. The summed E-state index contributed by atoms with van der Waals surface area (Å²) in [6.07, 6.45) is 1.56. The van der Waals surface area contributed by atoms with Gasteiger partial charge in [-0.1, -0.05) is 19.9 Å². The number of aryl methyl sites for hydroxylation is 1. The van der Waals surface area contributed by atoms with Crippen LogP contribution in [-0.4, -0.2) is 48.0 Å². The van der Waals surface area contributed by atoms with Crippen LogP contribution in [0.15, 0.2) is 23.8 Å². The van der Waals surface area contributed by atoms with Gasteiger partial charge in [0.2, 0.25) is 0 Å². The number of rotatable bonds is 8. The number of nitrogens with one attached hydrogen (secondary N) is 2. The number of anilines is 1. The number of hydrogen-bond donors (Lipinski definition) is 2. The number of amides is 1. The Balaban J connectivity index is 1.81. The van der Waals surface area contributed by atoms with Gasteiger partial charge in [0.15, 0.2) is 0 Å². The second-order valence-electron chi connectivity index (χ2n) is 8.42. The lowest BCUT2D eigenvalue weighted by molar-refractivity contribution is 0.0933. The summed E-state index contributed by atoms with van der Waals surface area (Å²) in [6.45, 7) is 9.92. The average molecular weight is 432 g/mol. The molecule has 3 aromatic rings. The SMILES string of the molecule is Cc1c(C(=O)NCC(C)(C)CN(C)C)sc2ncnc(N[C@@H](C)c3cccs3)c12. The number of aromatic nitrogens is 2. The highest BCUT2D eigenvalue weighted by molar-refractivity contribution is 7.20. The predicted octanol–water partition coefficient (Wildman–Crippen LogP) is 4.55. The van der Waals surface area contributed by atoms with E-state index in [-0.39, 0.29) is 17.4 Å². The minimum atomic E-state index is -0.0467. The second kappa shape index (κ2) is 8.77. The molecule has 0 saturated heterocycles. The molecule has 0 fully saturated rings. The lowest BCUT2D eigenvalue weighted by Crippen LogP contribution is -2.39. The molecule has 0 aliphatic rings. The zero-order chi connectivity index (χ0) is 21.2. The molecular weight excluding hydrogens is 402 g/mol. The number of fused-ring (bicyclic) bond motifs is 1. The highest BCUT2D eigenvalue weighted by atomic mass is 32.1. The first kappa shape index (κ1) is 21.7. The third-order valence-corrected chi connectivity index (χ3v) is 6.98. The monoisotopic (exact) mass is 431 g/mol. The van der Waals surface area contributed by atoms with E-state index in [1.54, 1.807) is 17.7 Å². The molecule has 29 heavy (non-hydrogen) atoms. The van der Waals surface area contributed by atoms with Gasteiger partial charge in [-0.05, 0) is 50.4 Å². The molecule has 3 heterocycles. The van der Waals surface area contributed by atoms with Crippen molar-refractivity contribution >= 4 is 44.6 Å². The minimum Gasteiger partial charge on any atom is -0.362 e. The number of hydrogen-bond acceptors (Lipinski definition) is 7. The smallest absolute Gasteiger partial charge is 0.261 e. The molecule has 156 valence electrons.